The van der Waals surface area contributed by atoms with Crippen molar-refractivity contribution in [2.24, 2.45) is 23.2 Å². The van der Waals surface area contributed by atoms with Crippen LogP contribution in [0.4, 0.5) is 5.82 Å². The Morgan fingerprint density at radius 2 is 1.61 bits per heavy atom. The number of benzene rings is 1. The van der Waals surface area contributed by atoms with Crippen molar-refractivity contribution in [2.45, 2.75) is 51.9 Å². The molecule has 4 aliphatic carbocycles. The summed E-state index contributed by atoms with van der Waals surface area (Å²) in [5.41, 5.74) is 0.316. The molecule has 2 aromatic rings. The first-order valence-electron chi connectivity index (χ1n) is 12.6. The van der Waals surface area contributed by atoms with Crippen molar-refractivity contribution in [3.8, 4) is 11.6 Å². The first-order chi connectivity index (χ1) is 16.0. The summed E-state index contributed by atoms with van der Waals surface area (Å²) in [6.07, 6.45) is 8.97. The maximum atomic E-state index is 13.3. The molecule has 174 valence electrons. The van der Waals surface area contributed by atoms with Crippen LogP contribution in [0.25, 0.3) is 0 Å². The Hall–Kier alpha value is -2.63. The molecule has 5 fully saturated rings. The smallest absolute Gasteiger partial charge is 0.224 e. The van der Waals surface area contributed by atoms with E-state index in [0.717, 1.165) is 61.9 Å². The largest absolute Gasteiger partial charge is 0.439 e. The Bertz CT molecular complexity index is 981. The number of aryl methyl sites for hydroxylation is 1. The van der Waals surface area contributed by atoms with Crippen molar-refractivity contribution in [1.29, 1.82) is 0 Å². The second kappa shape index (κ2) is 8.30. The molecule has 1 aromatic heterocycles. The first kappa shape index (κ1) is 20.9. The Morgan fingerprint density at radius 1 is 0.970 bits per heavy atom. The molecule has 6 nitrogen and oxygen atoms in total. The highest BCUT2D eigenvalue weighted by Crippen LogP contribution is 2.61. The molecule has 0 radical (unpaired) electrons. The molecule has 0 unspecified atom stereocenters. The molecule has 1 aliphatic heterocycles. The summed E-state index contributed by atoms with van der Waals surface area (Å²) in [6, 6.07) is 11.6. The number of nitrogens with zero attached hydrogens (tertiary/aromatic N) is 4. The predicted molar refractivity (Wildman–Crippen MR) is 127 cm³/mol. The number of piperazine rings is 1. The van der Waals surface area contributed by atoms with E-state index in [0.29, 0.717) is 23.0 Å². The third-order valence-electron chi connectivity index (χ3n) is 8.41. The van der Waals surface area contributed by atoms with Crippen molar-refractivity contribution < 1.29 is 9.53 Å². The van der Waals surface area contributed by atoms with Gasteiger partial charge in [-0.3, -0.25) is 4.79 Å². The van der Waals surface area contributed by atoms with Crippen LogP contribution < -0.4 is 9.64 Å². The predicted octanol–water partition coefficient (Wildman–Crippen LogP) is 4.83. The van der Waals surface area contributed by atoms with E-state index in [2.05, 4.69) is 19.8 Å². The number of aromatic nitrogens is 2. The zero-order valence-corrected chi connectivity index (χ0v) is 19.6. The van der Waals surface area contributed by atoms with Gasteiger partial charge in [-0.25, -0.2) is 4.98 Å². The minimum atomic E-state index is 0.316. The van der Waals surface area contributed by atoms with Crippen molar-refractivity contribution in [1.82, 2.24) is 14.9 Å². The maximum absolute atomic E-state index is 13.3. The third-order valence-corrected chi connectivity index (χ3v) is 8.41. The van der Waals surface area contributed by atoms with E-state index in [9.17, 15) is 4.79 Å². The van der Waals surface area contributed by atoms with Crippen LogP contribution in [0.1, 0.15) is 50.8 Å². The van der Waals surface area contributed by atoms with Gasteiger partial charge < -0.3 is 14.5 Å². The lowest BCUT2D eigenvalue weighted by Gasteiger charge is -2.57. The molecule has 1 amide bonds. The second-order valence-electron chi connectivity index (χ2n) is 11.0. The van der Waals surface area contributed by atoms with Gasteiger partial charge in [-0.2, -0.15) is 4.98 Å². The number of hydrogen-bond acceptors (Lipinski definition) is 5. The van der Waals surface area contributed by atoms with Crippen LogP contribution in [0.15, 0.2) is 36.4 Å². The van der Waals surface area contributed by atoms with Crippen molar-refractivity contribution >= 4 is 11.7 Å². The van der Waals surface area contributed by atoms with E-state index in [4.69, 9.17) is 4.74 Å². The van der Waals surface area contributed by atoms with Gasteiger partial charge in [0.05, 0.1) is 0 Å². The number of para-hydroxylation sites is 1. The van der Waals surface area contributed by atoms with Gasteiger partial charge in [-0.1, -0.05) is 18.2 Å². The molecular formula is C27H34N4O2. The lowest BCUT2D eigenvalue weighted by Crippen LogP contribution is -2.52. The second-order valence-corrected chi connectivity index (χ2v) is 11.0. The summed E-state index contributed by atoms with van der Waals surface area (Å²) < 4.78 is 5.94. The van der Waals surface area contributed by atoms with Crippen LogP contribution in [-0.2, 0) is 4.79 Å². The summed E-state index contributed by atoms with van der Waals surface area (Å²) >= 11 is 0. The van der Waals surface area contributed by atoms with Crippen LogP contribution in [-0.4, -0.2) is 47.0 Å². The molecule has 4 saturated carbocycles. The van der Waals surface area contributed by atoms with Crippen LogP contribution in [0, 0.1) is 30.1 Å². The molecule has 33 heavy (non-hydrogen) atoms. The van der Waals surface area contributed by atoms with Gasteiger partial charge in [-0.05, 0) is 80.8 Å². The van der Waals surface area contributed by atoms with E-state index >= 15 is 0 Å². The zero-order chi connectivity index (χ0) is 22.4. The fraction of sp³-hybridized carbons (Fsp3) is 0.593. The molecule has 5 aliphatic rings. The first-order valence-corrected chi connectivity index (χ1v) is 12.6. The lowest BCUT2D eigenvalue weighted by molar-refractivity contribution is -0.139. The number of carbonyl (C=O) groups is 1. The standard InChI is InChI=1S/C27H34N4O2/c1-19-28-24(14-25(29-19)33-23-5-3-2-4-6-23)30-7-9-31(10-8-30)26(32)18-27-15-20-11-21(16-27)13-22(12-20)17-27/h2-6,14,20-22H,7-13,15-18H2,1H3. The molecule has 0 atom stereocenters. The minimum absolute atomic E-state index is 0.316. The summed E-state index contributed by atoms with van der Waals surface area (Å²) in [6.45, 7) is 5.03. The highest BCUT2D eigenvalue weighted by atomic mass is 16.5. The number of carbonyl (C=O) groups excluding carboxylic acids is 1. The van der Waals surface area contributed by atoms with Gasteiger partial charge in [0.15, 0.2) is 0 Å². The Kier molecular flexibility index (Phi) is 5.27. The van der Waals surface area contributed by atoms with E-state index in [1.54, 1.807) is 0 Å². The normalized spacial score (nSPS) is 30.5. The van der Waals surface area contributed by atoms with Gasteiger partial charge in [-0.15, -0.1) is 0 Å². The molecule has 1 saturated heterocycles. The number of amides is 1. The van der Waals surface area contributed by atoms with Gasteiger partial charge in [0, 0.05) is 38.7 Å². The van der Waals surface area contributed by atoms with E-state index in [1.165, 1.54) is 38.5 Å². The van der Waals surface area contributed by atoms with Gasteiger partial charge in [0.25, 0.3) is 0 Å². The Balaban J connectivity index is 1.08. The van der Waals surface area contributed by atoms with Gasteiger partial charge in [0.2, 0.25) is 11.8 Å². The van der Waals surface area contributed by atoms with Gasteiger partial charge >= 0.3 is 0 Å². The van der Waals surface area contributed by atoms with Crippen LogP contribution in [0.3, 0.4) is 0 Å². The fourth-order valence-electron chi connectivity index (χ4n) is 7.47. The molecule has 0 N–H and O–H groups in total. The van der Waals surface area contributed by atoms with Gasteiger partial charge in [0.1, 0.15) is 17.4 Å². The van der Waals surface area contributed by atoms with Crippen LogP contribution in [0.5, 0.6) is 11.6 Å². The highest BCUT2D eigenvalue weighted by Gasteiger charge is 2.51. The summed E-state index contributed by atoms with van der Waals surface area (Å²) in [4.78, 5) is 26.7. The van der Waals surface area contributed by atoms with Crippen LogP contribution >= 0.6 is 0 Å². The Morgan fingerprint density at radius 3 is 2.24 bits per heavy atom. The zero-order valence-electron chi connectivity index (χ0n) is 19.6. The fourth-order valence-corrected chi connectivity index (χ4v) is 7.47. The van der Waals surface area contributed by atoms with E-state index in [1.807, 2.05) is 43.3 Å². The highest BCUT2D eigenvalue weighted by molar-refractivity contribution is 5.77. The van der Waals surface area contributed by atoms with Crippen molar-refractivity contribution in [3.63, 3.8) is 0 Å². The monoisotopic (exact) mass is 446 g/mol. The summed E-state index contributed by atoms with van der Waals surface area (Å²) in [5, 5.41) is 0. The lowest BCUT2D eigenvalue weighted by atomic mass is 9.49. The van der Waals surface area contributed by atoms with E-state index < -0.39 is 0 Å². The Labute approximate surface area is 196 Å². The summed E-state index contributed by atoms with van der Waals surface area (Å²) in [7, 11) is 0. The average Bonchev–Trinajstić information content (AvgIpc) is 2.78. The summed E-state index contributed by atoms with van der Waals surface area (Å²) in [5.74, 6) is 5.97. The molecule has 4 bridgehead atoms. The number of ether oxygens (including phenoxy) is 1. The number of anilines is 1. The SMILES string of the molecule is Cc1nc(Oc2ccccc2)cc(N2CCN(C(=O)CC34CC5CC(CC(C5)C3)C4)CC2)n1. The molecule has 7 rings (SSSR count). The number of rotatable bonds is 5. The van der Waals surface area contributed by atoms with E-state index in [-0.39, 0.29) is 0 Å². The molecule has 2 heterocycles. The topological polar surface area (TPSA) is 58.6 Å². The molecule has 1 aromatic carbocycles. The molecule has 6 heteroatoms. The average molecular weight is 447 g/mol. The van der Waals surface area contributed by atoms with Crippen molar-refractivity contribution in [2.75, 3.05) is 31.1 Å². The molecular weight excluding hydrogens is 412 g/mol. The quantitative estimate of drug-likeness (QED) is 0.658. The number of hydrogen-bond donors (Lipinski definition) is 0. The van der Waals surface area contributed by atoms with Crippen molar-refractivity contribution in [3.05, 3.63) is 42.2 Å². The maximum Gasteiger partial charge on any atom is 0.224 e. The minimum Gasteiger partial charge on any atom is -0.439 e. The van der Waals surface area contributed by atoms with Crippen LogP contribution in [0.2, 0.25) is 0 Å². The molecule has 0 spiro atoms. The third kappa shape index (κ3) is 4.32.